The summed E-state index contributed by atoms with van der Waals surface area (Å²) in [6.07, 6.45) is 36.7. The third-order valence-electron chi connectivity index (χ3n) is 9.84. The van der Waals surface area contributed by atoms with Gasteiger partial charge in [-0.3, -0.25) is 4.79 Å². The molecule has 0 aromatic heterocycles. The second-order valence-corrected chi connectivity index (χ2v) is 14.4. The highest BCUT2D eigenvalue weighted by Crippen LogP contribution is 2.21. The van der Waals surface area contributed by atoms with E-state index in [1.807, 2.05) is 0 Å². The van der Waals surface area contributed by atoms with Crippen LogP contribution in [0.2, 0.25) is 0 Å². The summed E-state index contributed by atoms with van der Waals surface area (Å²) in [7, 11) is 0. The molecule has 0 saturated carbocycles. The molecule has 0 fully saturated rings. The van der Waals surface area contributed by atoms with Gasteiger partial charge in [0.15, 0.2) is 0 Å². The molecule has 0 bridgehead atoms. The Kier molecular flexibility index (Phi) is 34.5. The Morgan fingerprint density at radius 2 is 0.711 bits per heavy atom. The molecule has 0 heterocycles. The van der Waals surface area contributed by atoms with Crippen LogP contribution in [-0.2, 0) is 4.79 Å². The summed E-state index contributed by atoms with van der Waals surface area (Å²) in [5, 5.41) is 31.1. The van der Waals surface area contributed by atoms with E-state index >= 15 is 0 Å². The minimum absolute atomic E-state index is 0.0343. The first-order chi connectivity index (χ1) is 21.9. The molecule has 5 nitrogen and oxygen atoms in total. The lowest BCUT2D eigenvalue weighted by molar-refractivity contribution is -0.133. The van der Waals surface area contributed by atoms with E-state index in [-0.39, 0.29) is 12.2 Å². The van der Waals surface area contributed by atoms with Crippen LogP contribution in [0.1, 0.15) is 226 Å². The van der Waals surface area contributed by atoms with Gasteiger partial charge in [0.25, 0.3) is 0 Å². The standard InChI is InChI=1S/C40H81NO4/c1-3-5-7-9-11-13-15-17-18-19-20-22-23-25-27-29-31-33-36(42)35-38(44)39(40(41)45)37(43)34-32-30-28-26-24-21-16-14-12-10-8-6-4-2/h36-37,39-40,42-43,45H,3-35,41H2,1-2H3. The van der Waals surface area contributed by atoms with Crippen molar-refractivity contribution in [2.75, 3.05) is 0 Å². The molecule has 45 heavy (non-hydrogen) atoms. The minimum atomic E-state index is -1.39. The maximum absolute atomic E-state index is 12.8. The Bertz CT molecular complexity index is 599. The second-order valence-electron chi connectivity index (χ2n) is 14.4. The Morgan fingerprint density at radius 1 is 0.444 bits per heavy atom. The zero-order valence-electron chi connectivity index (χ0n) is 30.5. The number of hydrogen-bond donors (Lipinski definition) is 4. The normalized spacial score (nSPS) is 14.4. The van der Waals surface area contributed by atoms with Crippen LogP contribution in [0.3, 0.4) is 0 Å². The average Bonchev–Trinajstić information content (AvgIpc) is 3.00. The molecular formula is C40H81NO4. The Hall–Kier alpha value is -0.490. The van der Waals surface area contributed by atoms with Crippen molar-refractivity contribution in [3.63, 3.8) is 0 Å². The highest BCUT2D eigenvalue weighted by molar-refractivity contribution is 5.82. The van der Waals surface area contributed by atoms with Crippen molar-refractivity contribution >= 4 is 5.78 Å². The van der Waals surface area contributed by atoms with E-state index in [9.17, 15) is 20.1 Å². The van der Waals surface area contributed by atoms with E-state index in [4.69, 9.17) is 5.73 Å². The largest absolute Gasteiger partial charge is 0.393 e. The summed E-state index contributed by atoms with van der Waals surface area (Å²) in [6.45, 7) is 4.54. The topological polar surface area (TPSA) is 104 Å². The zero-order valence-corrected chi connectivity index (χ0v) is 30.5. The molecule has 5 heteroatoms. The number of hydrogen-bond acceptors (Lipinski definition) is 5. The Labute approximate surface area is 281 Å². The molecule has 0 aromatic carbocycles. The number of carbonyl (C=O) groups excluding carboxylic acids is 1. The van der Waals surface area contributed by atoms with Crippen molar-refractivity contribution < 1.29 is 20.1 Å². The van der Waals surface area contributed by atoms with Crippen LogP contribution >= 0.6 is 0 Å². The van der Waals surface area contributed by atoms with Crippen LogP contribution in [0.4, 0.5) is 0 Å². The van der Waals surface area contributed by atoms with Gasteiger partial charge in [-0.15, -0.1) is 0 Å². The number of Topliss-reactive ketones (excluding diaryl/α,β-unsaturated/α-hetero) is 1. The predicted molar refractivity (Wildman–Crippen MR) is 194 cm³/mol. The van der Waals surface area contributed by atoms with Gasteiger partial charge in [-0.25, -0.2) is 0 Å². The number of unbranched alkanes of at least 4 members (excludes halogenated alkanes) is 28. The van der Waals surface area contributed by atoms with Gasteiger partial charge in [0, 0.05) is 6.42 Å². The number of aliphatic hydroxyl groups excluding tert-OH is 3. The number of aliphatic hydroxyl groups is 3. The van der Waals surface area contributed by atoms with Gasteiger partial charge in [0.1, 0.15) is 12.0 Å². The number of ketones is 1. The van der Waals surface area contributed by atoms with Gasteiger partial charge in [-0.1, -0.05) is 206 Å². The molecule has 0 aliphatic rings. The third kappa shape index (κ3) is 30.6. The van der Waals surface area contributed by atoms with Crippen LogP contribution in [0.5, 0.6) is 0 Å². The van der Waals surface area contributed by atoms with Gasteiger partial charge < -0.3 is 21.1 Å². The van der Waals surface area contributed by atoms with Crippen molar-refractivity contribution in [2.45, 2.75) is 244 Å². The van der Waals surface area contributed by atoms with Gasteiger partial charge >= 0.3 is 0 Å². The smallest absolute Gasteiger partial charge is 0.145 e. The summed E-state index contributed by atoms with van der Waals surface area (Å²) < 4.78 is 0. The lowest BCUT2D eigenvalue weighted by Gasteiger charge is -2.25. The highest BCUT2D eigenvalue weighted by Gasteiger charge is 2.32. The first kappa shape index (κ1) is 44.5. The highest BCUT2D eigenvalue weighted by atomic mass is 16.3. The van der Waals surface area contributed by atoms with Crippen LogP contribution in [-0.4, -0.2) is 39.5 Å². The average molecular weight is 640 g/mol. The fourth-order valence-electron chi connectivity index (χ4n) is 6.76. The van der Waals surface area contributed by atoms with Crippen molar-refractivity contribution in [3.8, 4) is 0 Å². The molecule has 0 aliphatic heterocycles. The Morgan fingerprint density at radius 3 is 1.00 bits per heavy atom. The lowest BCUT2D eigenvalue weighted by Crippen LogP contribution is -2.44. The molecular weight excluding hydrogens is 558 g/mol. The molecule has 0 amide bonds. The summed E-state index contributed by atoms with van der Waals surface area (Å²) in [4.78, 5) is 12.8. The summed E-state index contributed by atoms with van der Waals surface area (Å²) in [6, 6.07) is 0. The molecule has 5 N–H and O–H groups in total. The third-order valence-corrected chi connectivity index (χ3v) is 9.84. The van der Waals surface area contributed by atoms with E-state index < -0.39 is 24.4 Å². The van der Waals surface area contributed by atoms with Crippen molar-refractivity contribution in [3.05, 3.63) is 0 Å². The van der Waals surface area contributed by atoms with Crippen molar-refractivity contribution in [1.29, 1.82) is 0 Å². The summed E-state index contributed by atoms with van der Waals surface area (Å²) in [5.74, 6) is -1.32. The molecule has 4 unspecified atom stereocenters. The molecule has 0 saturated heterocycles. The van der Waals surface area contributed by atoms with Crippen molar-refractivity contribution in [1.82, 2.24) is 0 Å². The second kappa shape index (κ2) is 34.8. The molecule has 4 atom stereocenters. The van der Waals surface area contributed by atoms with Crippen LogP contribution in [0.25, 0.3) is 0 Å². The molecule has 0 spiro atoms. The zero-order chi connectivity index (χ0) is 33.2. The lowest BCUT2D eigenvalue weighted by atomic mass is 9.88. The van der Waals surface area contributed by atoms with Crippen molar-refractivity contribution in [2.24, 2.45) is 11.7 Å². The van der Waals surface area contributed by atoms with Crippen LogP contribution in [0, 0.1) is 5.92 Å². The maximum Gasteiger partial charge on any atom is 0.145 e. The summed E-state index contributed by atoms with van der Waals surface area (Å²) >= 11 is 0. The molecule has 0 aliphatic carbocycles. The first-order valence-corrected chi connectivity index (χ1v) is 20.3. The Balaban J connectivity index is 3.73. The molecule has 270 valence electrons. The number of rotatable bonds is 37. The van der Waals surface area contributed by atoms with E-state index in [2.05, 4.69) is 13.8 Å². The van der Waals surface area contributed by atoms with Gasteiger partial charge in [0.05, 0.1) is 18.1 Å². The predicted octanol–water partition coefficient (Wildman–Crippen LogP) is 11.1. The van der Waals surface area contributed by atoms with E-state index in [0.29, 0.717) is 12.8 Å². The quantitative estimate of drug-likeness (QED) is 0.0400. The number of carbonyl (C=O) groups is 1. The van der Waals surface area contributed by atoms with Gasteiger partial charge in [0.2, 0.25) is 0 Å². The fourth-order valence-corrected chi connectivity index (χ4v) is 6.76. The SMILES string of the molecule is CCCCCCCCCCCCCCCCCCCC(O)CC(=O)C(C(N)O)C(O)CCCCCCCCCCCCCCC. The fraction of sp³-hybridized carbons (Fsp3) is 0.975. The van der Waals surface area contributed by atoms with E-state index in [1.54, 1.807) is 0 Å². The van der Waals surface area contributed by atoms with E-state index in [1.165, 1.54) is 161 Å². The minimum Gasteiger partial charge on any atom is -0.393 e. The maximum atomic E-state index is 12.8. The summed E-state index contributed by atoms with van der Waals surface area (Å²) in [5.41, 5.74) is 5.70. The van der Waals surface area contributed by atoms with Gasteiger partial charge in [-0.2, -0.15) is 0 Å². The van der Waals surface area contributed by atoms with E-state index in [0.717, 1.165) is 32.1 Å². The van der Waals surface area contributed by atoms with Crippen LogP contribution < -0.4 is 5.73 Å². The van der Waals surface area contributed by atoms with Crippen LogP contribution in [0.15, 0.2) is 0 Å². The molecule has 0 rings (SSSR count). The molecule has 0 radical (unpaired) electrons. The monoisotopic (exact) mass is 640 g/mol. The number of nitrogens with two attached hydrogens (primary N) is 1. The molecule has 0 aromatic rings. The first-order valence-electron chi connectivity index (χ1n) is 20.3. The van der Waals surface area contributed by atoms with Gasteiger partial charge in [-0.05, 0) is 12.8 Å².